The second kappa shape index (κ2) is 7.20. The zero-order valence-electron chi connectivity index (χ0n) is 13.9. The van der Waals surface area contributed by atoms with Gasteiger partial charge in [0.1, 0.15) is 0 Å². The molecule has 4 nitrogen and oxygen atoms in total. The van der Waals surface area contributed by atoms with Crippen molar-refractivity contribution in [3.05, 3.63) is 34.3 Å². The highest BCUT2D eigenvalue weighted by molar-refractivity contribution is 6.31. The normalized spacial score (nSPS) is 24.7. The third-order valence-corrected chi connectivity index (χ3v) is 5.53. The van der Waals surface area contributed by atoms with Gasteiger partial charge in [-0.2, -0.15) is 0 Å². The van der Waals surface area contributed by atoms with Gasteiger partial charge in [0, 0.05) is 49.9 Å². The first kappa shape index (κ1) is 16.7. The SMILES string of the molecule is COCCN1C[C@@H]2CC[C@H]1CN(C(=O)c1ccc(Cl)c(C)c1)C2. The van der Waals surface area contributed by atoms with Crippen molar-refractivity contribution in [3.8, 4) is 0 Å². The van der Waals surface area contributed by atoms with Gasteiger partial charge < -0.3 is 9.64 Å². The second-order valence-electron chi connectivity index (χ2n) is 6.76. The van der Waals surface area contributed by atoms with E-state index in [4.69, 9.17) is 16.3 Å². The van der Waals surface area contributed by atoms with E-state index in [2.05, 4.69) is 4.90 Å². The molecule has 3 aliphatic rings. The van der Waals surface area contributed by atoms with Crippen molar-refractivity contribution in [2.24, 2.45) is 5.92 Å². The molecule has 0 unspecified atom stereocenters. The van der Waals surface area contributed by atoms with Crippen LogP contribution in [0.15, 0.2) is 18.2 Å². The highest BCUT2D eigenvalue weighted by Crippen LogP contribution is 2.29. The van der Waals surface area contributed by atoms with Crippen LogP contribution in [0, 0.1) is 12.8 Å². The Balaban J connectivity index is 1.73. The first-order valence-corrected chi connectivity index (χ1v) is 8.74. The summed E-state index contributed by atoms with van der Waals surface area (Å²) >= 11 is 6.08. The van der Waals surface area contributed by atoms with Crippen LogP contribution < -0.4 is 0 Å². The molecule has 0 aliphatic carbocycles. The van der Waals surface area contributed by atoms with Gasteiger partial charge in [-0.25, -0.2) is 0 Å². The number of rotatable bonds is 4. The summed E-state index contributed by atoms with van der Waals surface area (Å²) in [6.45, 7) is 6.42. The lowest BCUT2D eigenvalue weighted by Crippen LogP contribution is -2.45. The lowest BCUT2D eigenvalue weighted by molar-refractivity contribution is 0.0717. The van der Waals surface area contributed by atoms with Gasteiger partial charge in [-0.05, 0) is 49.4 Å². The fourth-order valence-corrected chi connectivity index (χ4v) is 3.91. The van der Waals surface area contributed by atoms with E-state index in [1.54, 1.807) is 7.11 Å². The average Bonchev–Trinajstić information content (AvgIpc) is 2.86. The molecule has 4 rings (SSSR count). The minimum Gasteiger partial charge on any atom is -0.383 e. The van der Waals surface area contributed by atoms with Crippen LogP contribution in [0.25, 0.3) is 0 Å². The van der Waals surface area contributed by atoms with Crippen LogP contribution in [0.1, 0.15) is 28.8 Å². The summed E-state index contributed by atoms with van der Waals surface area (Å²) in [5.74, 6) is 0.707. The largest absolute Gasteiger partial charge is 0.383 e. The molecular weight excluding hydrogens is 312 g/mol. The molecule has 3 fully saturated rings. The number of carbonyl (C=O) groups is 1. The second-order valence-corrected chi connectivity index (χ2v) is 7.17. The van der Waals surface area contributed by atoms with Gasteiger partial charge in [0.2, 0.25) is 0 Å². The van der Waals surface area contributed by atoms with E-state index in [0.29, 0.717) is 17.0 Å². The minimum atomic E-state index is 0.134. The third kappa shape index (κ3) is 3.70. The Morgan fingerprint density at radius 3 is 2.87 bits per heavy atom. The van der Waals surface area contributed by atoms with Crippen LogP contribution in [0.2, 0.25) is 5.02 Å². The molecule has 0 spiro atoms. The lowest BCUT2D eigenvalue weighted by atomic mass is 9.95. The van der Waals surface area contributed by atoms with Crippen molar-refractivity contribution in [2.75, 3.05) is 39.9 Å². The number of hydrogen-bond acceptors (Lipinski definition) is 3. The standard InChI is InChI=1S/C18H25ClN2O2/c1-13-9-15(4-6-17(13)19)18(22)21-11-14-3-5-16(12-21)20(10-14)7-8-23-2/h4,6,9,14,16H,3,5,7-8,10-12H2,1-2H3/t14-,16-/m0/s1. The van der Waals surface area contributed by atoms with E-state index >= 15 is 0 Å². The zero-order chi connectivity index (χ0) is 16.4. The Bertz CT molecular complexity index is 578. The fourth-order valence-electron chi connectivity index (χ4n) is 3.79. The smallest absolute Gasteiger partial charge is 0.253 e. The van der Waals surface area contributed by atoms with Crippen LogP contribution in [-0.4, -0.2) is 61.6 Å². The minimum absolute atomic E-state index is 0.134. The summed E-state index contributed by atoms with van der Waals surface area (Å²) in [6, 6.07) is 6.02. The number of halogens is 1. The van der Waals surface area contributed by atoms with Crippen molar-refractivity contribution in [1.82, 2.24) is 9.80 Å². The van der Waals surface area contributed by atoms with Gasteiger partial charge >= 0.3 is 0 Å². The van der Waals surface area contributed by atoms with E-state index in [-0.39, 0.29) is 5.91 Å². The Morgan fingerprint density at radius 1 is 1.30 bits per heavy atom. The van der Waals surface area contributed by atoms with Gasteiger partial charge in [-0.15, -0.1) is 0 Å². The lowest BCUT2D eigenvalue weighted by Gasteiger charge is -2.35. The molecule has 5 heteroatoms. The van der Waals surface area contributed by atoms with E-state index in [1.165, 1.54) is 12.8 Å². The Morgan fingerprint density at radius 2 is 2.13 bits per heavy atom. The van der Waals surface area contributed by atoms with E-state index in [9.17, 15) is 4.79 Å². The van der Waals surface area contributed by atoms with E-state index < -0.39 is 0 Å². The predicted molar refractivity (Wildman–Crippen MR) is 92.1 cm³/mol. The summed E-state index contributed by atoms with van der Waals surface area (Å²) < 4.78 is 5.23. The quantitative estimate of drug-likeness (QED) is 0.847. The van der Waals surface area contributed by atoms with Gasteiger partial charge in [0.25, 0.3) is 5.91 Å². The summed E-state index contributed by atoms with van der Waals surface area (Å²) in [6.07, 6.45) is 2.40. The zero-order valence-corrected chi connectivity index (χ0v) is 14.7. The maximum atomic E-state index is 12.9. The van der Waals surface area contributed by atoms with E-state index in [0.717, 1.165) is 43.9 Å². The molecule has 126 valence electrons. The average molecular weight is 337 g/mol. The van der Waals surface area contributed by atoms with Gasteiger partial charge in [0.15, 0.2) is 0 Å². The third-order valence-electron chi connectivity index (χ3n) is 5.10. The molecule has 1 amide bonds. The van der Waals surface area contributed by atoms with Crippen LogP contribution in [0.4, 0.5) is 0 Å². The van der Waals surface area contributed by atoms with Gasteiger partial charge in [-0.3, -0.25) is 9.69 Å². The fraction of sp³-hybridized carbons (Fsp3) is 0.611. The van der Waals surface area contributed by atoms with Gasteiger partial charge in [-0.1, -0.05) is 11.6 Å². The molecule has 0 radical (unpaired) electrons. The van der Waals surface area contributed by atoms with Crippen LogP contribution >= 0.6 is 11.6 Å². The topological polar surface area (TPSA) is 32.8 Å². The van der Waals surface area contributed by atoms with Crippen molar-refractivity contribution >= 4 is 17.5 Å². The summed E-state index contributed by atoms with van der Waals surface area (Å²) in [5.41, 5.74) is 1.70. The number of methoxy groups -OCH3 is 1. The van der Waals surface area contributed by atoms with Crippen molar-refractivity contribution < 1.29 is 9.53 Å². The van der Waals surface area contributed by atoms with Crippen LogP contribution in [-0.2, 0) is 4.74 Å². The maximum absolute atomic E-state index is 12.9. The molecule has 3 heterocycles. The summed E-state index contributed by atoms with van der Waals surface area (Å²) in [7, 11) is 1.74. The van der Waals surface area contributed by atoms with E-state index in [1.807, 2.05) is 30.0 Å². The number of amides is 1. The molecular formula is C18H25ClN2O2. The number of nitrogens with zero attached hydrogens (tertiary/aromatic N) is 2. The van der Waals surface area contributed by atoms with Crippen molar-refractivity contribution in [1.29, 1.82) is 0 Å². The van der Waals surface area contributed by atoms with Crippen molar-refractivity contribution in [2.45, 2.75) is 25.8 Å². The highest BCUT2D eigenvalue weighted by atomic mass is 35.5. The number of hydrogen-bond donors (Lipinski definition) is 0. The summed E-state index contributed by atoms with van der Waals surface area (Å²) in [5, 5.41) is 0.711. The number of ether oxygens (including phenoxy) is 1. The number of benzene rings is 1. The number of piperidine rings is 1. The molecule has 0 N–H and O–H groups in total. The molecule has 0 aromatic heterocycles. The Hall–Kier alpha value is -1.10. The molecule has 1 aromatic carbocycles. The first-order chi connectivity index (χ1) is 11.1. The molecule has 3 aliphatic heterocycles. The molecule has 1 aromatic rings. The summed E-state index contributed by atoms with van der Waals surface area (Å²) in [4.78, 5) is 17.4. The molecule has 2 bridgehead atoms. The van der Waals surface area contributed by atoms with Crippen LogP contribution in [0.3, 0.4) is 0 Å². The molecule has 0 saturated carbocycles. The molecule has 2 atom stereocenters. The molecule has 23 heavy (non-hydrogen) atoms. The Labute approximate surface area is 143 Å². The number of aryl methyl sites for hydroxylation is 1. The van der Waals surface area contributed by atoms with Crippen LogP contribution in [0.5, 0.6) is 0 Å². The van der Waals surface area contributed by atoms with Gasteiger partial charge in [0.05, 0.1) is 6.61 Å². The Kier molecular flexibility index (Phi) is 5.24. The van der Waals surface area contributed by atoms with Crippen molar-refractivity contribution in [3.63, 3.8) is 0 Å². The number of carbonyl (C=O) groups excluding carboxylic acids is 1. The monoisotopic (exact) mass is 336 g/mol. The molecule has 3 saturated heterocycles. The first-order valence-electron chi connectivity index (χ1n) is 8.37. The highest BCUT2D eigenvalue weighted by Gasteiger charge is 2.36. The number of fused-ring (bicyclic) bond motifs is 4. The maximum Gasteiger partial charge on any atom is 0.253 e. The predicted octanol–water partition coefficient (Wildman–Crippen LogP) is 2.83.